The van der Waals surface area contributed by atoms with Gasteiger partial charge in [-0.3, -0.25) is 4.79 Å². The zero-order valence-corrected chi connectivity index (χ0v) is 12.5. The van der Waals surface area contributed by atoms with Crippen LogP contribution in [-0.2, 0) is 16.1 Å². The molecule has 1 unspecified atom stereocenters. The Balaban J connectivity index is 0.00000361. The van der Waals surface area contributed by atoms with E-state index in [4.69, 9.17) is 10.5 Å². The summed E-state index contributed by atoms with van der Waals surface area (Å²) >= 11 is 0. The van der Waals surface area contributed by atoms with Crippen molar-refractivity contribution in [2.24, 2.45) is 5.73 Å². The molecule has 0 heterocycles. The lowest BCUT2D eigenvalue weighted by molar-refractivity contribution is -0.121. The average Bonchev–Trinajstić information content (AvgIpc) is 2.36. The van der Waals surface area contributed by atoms with Crippen molar-refractivity contribution in [3.05, 3.63) is 35.4 Å². The first kappa shape index (κ1) is 18.4. The molecule has 1 amide bonds. The number of nitrogens with one attached hydrogen (secondary N) is 1. The Morgan fingerprint density at radius 2 is 1.90 bits per heavy atom. The molecule has 0 aromatic heterocycles. The molecule has 5 nitrogen and oxygen atoms in total. The number of halogens is 1. The highest BCUT2D eigenvalue weighted by Gasteiger charge is 2.07. The second kappa shape index (κ2) is 9.34. The van der Waals surface area contributed by atoms with Gasteiger partial charge in [0.15, 0.2) is 0 Å². The van der Waals surface area contributed by atoms with Crippen molar-refractivity contribution in [3.8, 4) is 0 Å². The van der Waals surface area contributed by atoms with Crippen LogP contribution in [0.25, 0.3) is 0 Å². The summed E-state index contributed by atoms with van der Waals surface area (Å²) in [6.07, 6.45) is 0.306. The summed E-state index contributed by atoms with van der Waals surface area (Å²) in [7, 11) is 0. The molecule has 1 rings (SSSR count). The van der Waals surface area contributed by atoms with E-state index in [1.54, 1.807) is 38.1 Å². The Morgan fingerprint density at radius 1 is 1.30 bits per heavy atom. The number of benzene rings is 1. The minimum atomic E-state index is -0.338. The molecule has 0 spiro atoms. The molecule has 0 saturated heterocycles. The fourth-order valence-electron chi connectivity index (χ4n) is 1.54. The largest absolute Gasteiger partial charge is 0.462 e. The SMILES string of the molecule is CCOC(=O)c1ccc(CNC(=O)CC(C)N)cc1.Cl. The number of rotatable bonds is 6. The monoisotopic (exact) mass is 300 g/mol. The molecule has 0 saturated carbocycles. The molecule has 0 aliphatic heterocycles. The standard InChI is InChI=1S/C14H20N2O3.ClH/c1-3-19-14(18)12-6-4-11(5-7-12)9-16-13(17)8-10(2)15;/h4-7,10H,3,8-9,15H2,1-2H3,(H,16,17);1H. The molecule has 1 atom stereocenters. The van der Waals surface area contributed by atoms with Gasteiger partial charge in [-0.2, -0.15) is 0 Å². The van der Waals surface area contributed by atoms with Crippen LogP contribution in [0.15, 0.2) is 24.3 Å². The van der Waals surface area contributed by atoms with Crippen LogP contribution in [0, 0.1) is 0 Å². The summed E-state index contributed by atoms with van der Waals surface area (Å²) in [5, 5.41) is 2.77. The highest BCUT2D eigenvalue weighted by molar-refractivity contribution is 5.89. The second-order valence-electron chi connectivity index (χ2n) is 4.38. The summed E-state index contributed by atoms with van der Waals surface area (Å²) < 4.78 is 4.89. The number of ether oxygens (including phenoxy) is 1. The molecule has 0 aliphatic carbocycles. The molecule has 0 fully saturated rings. The third kappa shape index (κ3) is 6.54. The predicted molar refractivity (Wildman–Crippen MR) is 79.8 cm³/mol. The van der Waals surface area contributed by atoms with E-state index in [1.165, 1.54) is 0 Å². The minimum absolute atomic E-state index is 0. The Kier molecular flexibility index (Phi) is 8.59. The maximum absolute atomic E-state index is 11.4. The van der Waals surface area contributed by atoms with E-state index < -0.39 is 0 Å². The van der Waals surface area contributed by atoms with Crippen LogP contribution in [0.4, 0.5) is 0 Å². The first-order valence-corrected chi connectivity index (χ1v) is 6.31. The topological polar surface area (TPSA) is 81.4 Å². The van der Waals surface area contributed by atoms with Gasteiger partial charge >= 0.3 is 5.97 Å². The van der Waals surface area contributed by atoms with E-state index in [1.807, 2.05) is 0 Å². The number of nitrogens with two attached hydrogens (primary N) is 1. The molecule has 20 heavy (non-hydrogen) atoms. The maximum Gasteiger partial charge on any atom is 0.338 e. The van der Waals surface area contributed by atoms with Crippen molar-refractivity contribution in [3.63, 3.8) is 0 Å². The molecule has 1 aromatic carbocycles. The van der Waals surface area contributed by atoms with E-state index in [9.17, 15) is 9.59 Å². The Morgan fingerprint density at radius 3 is 2.40 bits per heavy atom. The van der Waals surface area contributed by atoms with Crippen LogP contribution in [-0.4, -0.2) is 24.5 Å². The van der Waals surface area contributed by atoms with Crippen LogP contribution < -0.4 is 11.1 Å². The molecule has 0 bridgehead atoms. The molecular formula is C14H21ClN2O3. The van der Waals surface area contributed by atoms with Crippen molar-refractivity contribution >= 4 is 24.3 Å². The number of carbonyl (C=O) groups is 2. The van der Waals surface area contributed by atoms with Gasteiger partial charge < -0.3 is 15.8 Å². The lowest BCUT2D eigenvalue weighted by atomic mass is 10.1. The van der Waals surface area contributed by atoms with E-state index >= 15 is 0 Å². The Hall–Kier alpha value is -1.59. The smallest absolute Gasteiger partial charge is 0.338 e. The molecule has 6 heteroatoms. The average molecular weight is 301 g/mol. The minimum Gasteiger partial charge on any atom is -0.462 e. The summed E-state index contributed by atoms with van der Waals surface area (Å²) in [5.74, 6) is -0.417. The van der Waals surface area contributed by atoms with Gasteiger partial charge in [-0.05, 0) is 31.5 Å². The van der Waals surface area contributed by atoms with Gasteiger partial charge in [-0.1, -0.05) is 12.1 Å². The van der Waals surface area contributed by atoms with Crippen molar-refractivity contribution in [1.82, 2.24) is 5.32 Å². The van der Waals surface area contributed by atoms with E-state index in [-0.39, 0.29) is 30.3 Å². The van der Waals surface area contributed by atoms with Crippen molar-refractivity contribution in [2.75, 3.05) is 6.61 Å². The first-order chi connectivity index (χ1) is 9.02. The third-order valence-electron chi connectivity index (χ3n) is 2.46. The molecule has 112 valence electrons. The van der Waals surface area contributed by atoms with Crippen LogP contribution >= 0.6 is 12.4 Å². The highest BCUT2D eigenvalue weighted by atomic mass is 35.5. The van der Waals surface area contributed by atoms with E-state index in [2.05, 4.69) is 5.32 Å². The Bertz CT molecular complexity index is 433. The Labute approximate surface area is 125 Å². The molecule has 1 aromatic rings. The van der Waals surface area contributed by atoms with Crippen LogP contribution in [0.3, 0.4) is 0 Å². The number of hydrogen-bond acceptors (Lipinski definition) is 4. The van der Waals surface area contributed by atoms with Crippen molar-refractivity contribution in [1.29, 1.82) is 0 Å². The van der Waals surface area contributed by atoms with Crippen LogP contribution in [0.5, 0.6) is 0 Å². The fourth-order valence-corrected chi connectivity index (χ4v) is 1.54. The number of hydrogen-bond donors (Lipinski definition) is 2. The molecule has 0 radical (unpaired) electrons. The van der Waals surface area contributed by atoms with Crippen molar-refractivity contribution in [2.45, 2.75) is 32.9 Å². The van der Waals surface area contributed by atoms with Gasteiger partial charge in [0, 0.05) is 19.0 Å². The van der Waals surface area contributed by atoms with Crippen molar-refractivity contribution < 1.29 is 14.3 Å². The predicted octanol–water partition coefficient (Wildman–Crippen LogP) is 1.64. The normalized spacial score (nSPS) is 11.2. The molecule has 3 N–H and O–H groups in total. The molecular weight excluding hydrogens is 280 g/mol. The van der Waals surface area contributed by atoms with Gasteiger partial charge in [-0.25, -0.2) is 4.79 Å². The third-order valence-corrected chi connectivity index (χ3v) is 2.46. The van der Waals surface area contributed by atoms with Gasteiger partial charge in [-0.15, -0.1) is 12.4 Å². The maximum atomic E-state index is 11.4. The van der Waals surface area contributed by atoms with Crippen LogP contribution in [0.1, 0.15) is 36.2 Å². The van der Waals surface area contributed by atoms with E-state index in [0.29, 0.717) is 25.1 Å². The summed E-state index contributed by atoms with van der Waals surface area (Å²) in [4.78, 5) is 22.9. The lowest BCUT2D eigenvalue weighted by Gasteiger charge is -2.08. The number of esters is 1. The van der Waals surface area contributed by atoms with Crippen LogP contribution in [0.2, 0.25) is 0 Å². The van der Waals surface area contributed by atoms with E-state index in [0.717, 1.165) is 5.56 Å². The lowest BCUT2D eigenvalue weighted by Crippen LogP contribution is -2.29. The van der Waals surface area contributed by atoms with Gasteiger partial charge in [0.25, 0.3) is 0 Å². The van der Waals surface area contributed by atoms with Gasteiger partial charge in [0.2, 0.25) is 5.91 Å². The summed E-state index contributed by atoms with van der Waals surface area (Å²) in [5.41, 5.74) is 6.96. The highest BCUT2D eigenvalue weighted by Crippen LogP contribution is 2.06. The number of amides is 1. The first-order valence-electron chi connectivity index (χ1n) is 6.31. The second-order valence-corrected chi connectivity index (χ2v) is 4.38. The molecule has 0 aliphatic rings. The fraction of sp³-hybridized carbons (Fsp3) is 0.429. The zero-order chi connectivity index (χ0) is 14.3. The zero-order valence-electron chi connectivity index (χ0n) is 11.7. The number of carbonyl (C=O) groups excluding carboxylic acids is 2. The quantitative estimate of drug-likeness (QED) is 0.783. The summed E-state index contributed by atoms with van der Waals surface area (Å²) in [6, 6.07) is 6.80. The van der Waals surface area contributed by atoms with Gasteiger partial charge in [0.1, 0.15) is 0 Å². The van der Waals surface area contributed by atoms with Gasteiger partial charge in [0.05, 0.1) is 12.2 Å². The summed E-state index contributed by atoms with van der Waals surface area (Å²) in [6.45, 7) is 4.33.